The monoisotopic (exact) mass is 654 g/mol. The summed E-state index contributed by atoms with van der Waals surface area (Å²) in [5.41, 5.74) is 12.9. The molecule has 0 saturated carbocycles. The average Bonchev–Trinajstić information content (AvgIpc) is 3.90. The van der Waals surface area contributed by atoms with Crippen LogP contribution in [0.5, 0.6) is 0 Å². The summed E-state index contributed by atoms with van der Waals surface area (Å²) in [6.07, 6.45) is 0. The maximum atomic E-state index is 2.47. The fraction of sp³-hybridized carbons (Fsp3) is 0.0638. The second-order valence-corrected chi connectivity index (χ2v) is 15.6. The summed E-state index contributed by atoms with van der Waals surface area (Å²) in [5.74, 6) is 0. The number of hydrogen-bond donors (Lipinski definition) is 0. The molecule has 1 aliphatic rings. The minimum absolute atomic E-state index is 0.136. The summed E-state index contributed by atoms with van der Waals surface area (Å²) in [7, 11) is 0. The fourth-order valence-corrected chi connectivity index (χ4v) is 10.4. The molecule has 3 heterocycles. The minimum atomic E-state index is -0.136. The summed E-state index contributed by atoms with van der Waals surface area (Å²) in [4.78, 5) is 1.29. The molecule has 50 heavy (non-hydrogen) atoms. The molecule has 11 aromatic rings. The van der Waals surface area contributed by atoms with Gasteiger partial charge >= 0.3 is 0 Å². The van der Waals surface area contributed by atoms with E-state index in [2.05, 4.69) is 169 Å². The Morgan fingerprint density at radius 3 is 1.46 bits per heavy atom. The van der Waals surface area contributed by atoms with Gasteiger partial charge < -0.3 is 9.13 Å². The second-order valence-electron chi connectivity index (χ2n) is 14.6. The highest BCUT2D eigenvalue weighted by Gasteiger charge is 2.36. The molecule has 0 saturated heterocycles. The van der Waals surface area contributed by atoms with Crippen molar-refractivity contribution in [2.75, 3.05) is 0 Å². The molecular formula is C47H30N2S. The van der Waals surface area contributed by atoms with E-state index in [0.29, 0.717) is 0 Å². The number of fused-ring (bicyclic) bond motifs is 3. The number of nitrogens with zero attached hydrogens (tertiary/aromatic N) is 2. The first-order chi connectivity index (χ1) is 24.5. The van der Waals surface area contributed by atoms with Crippen LogP contribution in [0.2, 0.25) is 0 Å². The molecule has 8 aromatic carbocycles. The molecule has 3 aromatic heterocycles. The Labute approximate surface area is 292 Å². The molecule has 0 radical (unpaired) electrons. The molecule has 0 amide bonds. The van der Waals surface area contributed by atoms with E-state index in [1.54, 1.807) is 0 Å². The minimum Gasteiger partial charge on any atom is -0.309 e. The summed E-state index contributed by atoms with van der Waals surface area (Å²) in [5, 5.41) is 11.9. The van der Waals surface area contributed by atoms with Crippen molar-refractivity contribution in [3.8, 4) is 32.3 Å². The zero-order valence-electron chi connectivity index (χ0n) is 27.7. The highest BCUT2D eigenvalue weighted by atomic mass is 32.1. The van der Waals surface area contributed by atoms with Gasteiger partial charge in [-0.1, -0.05) is 105 Å². The zero-order chi connectivity index (χ0) is 32.9. The smallest absolute Gasteiger partial charge is 0.101 e. The predicted octanol–water partition coefficient (Wildman–Crippen LogP) is 13.1. The van der Waals surface area contributed by atoms with Crippen LogP contribution >= 0.6 is 11.3 Å². The number of hydrogen-bond acceptors (Lipinski definition) is 1. The Morgan fingerprint density at radius 2 is 0.920 bits per heavy atom. The number of aromatic nitrogens is 2. The lowest BCUT2D eigenvalue weighted by Crippen LogP contribution is -2.15. The van der Waals surface area contributed by atoms with Crippen LogP contribution in [0, 0.1) is 0 Å². The molecular weight excluding hydrogens is 625 g/mol. The van der Waals surface area contributed by atoms with Gasteiger partial charge in [-0.05, 0) is 104 Å². The molecule has 0 bridgehead atoms. The molecule has 3 heteroatoms. The van der Waals surface area contributed by atoms with Gasteiger partial charge in [-0.15, -0.1) is 11.3 Å². The van der Waals surface area contributed by atoms with Gasteiger partial charge in [0.25, 0.3) is 0 Å². The highest BCUT2D eigenvalue weighted by Crippen LogP contribution is 2.51. The van der Waals surface area contributed by atoms with Crippen LogP contribution in [0.3, 0.4) is 0 Å². The molecule has 0 aliphatic heterocycles. The van der Waals surface area contributed by atoms with Crippen molar-refractivity contribution in [3.63, 3.8) is 0 Å². The van der Waals surface area contributed by atoms with Gasteiger partial charge in [-0.2, -0.15) is 0 Å². The van der Waals surface area contributed by atoms with Crippen molar-refractivity contribution in [1.29, 1.82) is 0 Å². The molecule has 0 unspecified atom stereocenters. The van der Waals surface area contributed by atoms with Crippen LogP contribution in [0.25, 0.3) is 97.4 Å². The fourth-order valence-electron chi connectivity index (χ4n) is 9.38. The Balaban J connectivity index is 0.981. The number of thiophene rings is 1. The topological polar surface area (TPSA) is 9.86 Å². The summed E-state index contributed by atoms with van der Waals surface area (Å²) in [6, 6.07) is 54.7. The average molecular weight is 655 g/mol. The van der Waals surface area contributed by atoms with E-state index >= 15 is 0 Å². The van der Waals surface area contributed by atoms with Crippen molar-refractivity contribution in [2.45, 2.75) is 19.3 Å². The molecule has 0 fully saturated rings. The molecule has 0 atom stereocenters. The van der Waals surface area contributed by atoms with Crippen molar-refractivity contribution < 1.29 is 0 Å². The van der Waals surface area contributed by atoms with Crippen molar-refractivity contribution in [2.24, 2.45) is 0 Å². The second kappa shape index (κ2) is 9.20. The molecule has 0 N–H and O–H groups in total. The van der Waals surface area contributed by atoms with E-state index in [4.69, 9.17) is 0 Å². The third kappa shape index (κ3) is 3.29. The van der Waals surface area contributed by atoms with Crippen LogP contribution in [0.4, 0.5) is 0 Å². The van der Waals surface area contributed by atoms with Crippen molar-refractivity contribution in [3.05, 3.63) is 157 Å². The quantitative estimate of drug-likeness (QED) is 0.168. The van der Waals surface area contributed by atoms with Crippen LogP contribution in [0.1, 0.15) is 25.0 Å². The first-order valence-corrected chi connectivity index (χ1v) is 18.3. The summed E-state index contributed by atoms with van der Waals surface area (Å²) >= 11 is 1.88. The van der Waals surface area contributed by atoms with E-state index < -0.39 is 0 Å². The number of benzene rings is 8. The van der Waals surface area contributed by atoms with Gasteiger partial charge in [0.05, 0.1) is 22.1 Å². The van der Waals surface area contributed by atoms with E-state index in [9.17, 15) is 0 Å². The third-order valence-corrected chi connectivity index (χ3v) is 12.8. The first kappa shape index (κ1) is 27.0. The SMILES string of the molecule is CC1(C)c2cc(-c3ccc(-n4c5cccc6ccc7cccc4c7c65)s3)ccc2-c2ccc(-n3c4cccc5ccc6cccc3c6c54)cc21. The van der Waals surface area contributed by atoms with Gasteiger partial charge in [0.2, 0.25) is 0 Å². The van der Waals surface area contributed by atoms with Gasteiger partial charge in [-0.25, -0.2) is 0 Å². The molecule has 2 nitrogen and oxygen atoms in total. The Morgan fingerprint density at radius 1 is 0.440 bits per heavy atom. The van der Waals surface area contributed by atoms with E-state index in [-0.39, 0.29) is 5.41 Å². The first-order valence-electron chi connectivity index (χ1n) is 17.4. The molecule has 234 valence electrons. The lowest BCUT2D eigenvalue weighted by Gasteiger charge is -2.23. The van der Waals surface area contributed by atoms with Gasteiger partial charge in [0.1, 0.15) is 5.00 Å². The van der Waals surface area contributed by atoms with E-state index in [1.807, 2.05) is 11.3 Å². The normalized spacial score (nSPS) is 14.0. The Kier molecular flexibility index (Phi) is 4.97. The van der Waals surface area contributed by atoms with Crippen molar-refractivity contribution in [1.82, 2.24) is 9.13 Å². The van der Waals surface area contributed by atoms with Gasteiger partial charge in [-0.3, -0.25) is 0 Å². The lowest BCUT2D eigenvalue weighted by molar-refractivity contribution is 0.660. The zero-order valence-corrected chi connectivity index (χ0v) is 28.5. The summed E-state index contributed by atoms with van der Waals surface area (Å²) in [6.45, 7) is 4.79. The summed E-state index contributed by atoms with van der Waals surface area (Å²) < 4.78 is 4.94. The Bertz CT molecular complexity index is 3050. The van der Waals surface area contributed by atoms with Crippen LogP contribution in [-0.2, 0) is 5.41 Å². The standard InChI is InChI=1S/C47H30N2S/c1-47(2)35-25-31(41-23-24-42(50-41)49-39-13-5-9-29-17-18-30-10-6-14-40(49)46(30)45(29)39)19-21-33(35)34-22-20-32(26-36(34)47)48-37-11-3-7-27-15-16-28-8-4-12-38(48)44(28)43(27)37/h3-26H,1-2H3. The number of rotatable bonds is 3. The Hall–Kier alpha value is -5.90. The van der Waals surface area contributed by atoms with Crippen LogP contribution < -0.4 is 0 Å². The molecule has 1 aliphatic carbocycles. The largest absolute Gasteiger partial charge is 0.309 e. The highest BCUT2D eigenvalue weighted by molar-refractivity contribution is 7.18. The maximum absolute atomic E-state index is 2.47. The molecule has 0 spiro atoms. The van der Waals surface area contributed by atoms with Crippen molar-refractivity contribution >= 4 is 76.5 Å². The van der Waals surface area contributed by atoms with Gasteiger partial charge in [0.15, 0.2) is 0 Å². The predicted molar refractivity (Wildman–Crippen MR) is 213 cm³/mol. The lowest BCUT2D eigenvalue weighted by atomic mass is 9.81. The van der Waals surface area contributed by atoms with E-state index in [1.165, 1.54) is 109 Å². The molecule has 12 rings (SSSR count). The van der Waals surface area contributed by atoms with E-state index in [0.717, 1.165) is 0 Å². The van der Waals surface area contributed by atoms with Crippen LogP contribution in [0.15, 0.2) is 146 Å². The maximum Gasteiger partial charge on any atom is 0.101 e. The van der Waals surface area contributed by atoms with Gasteiger partial charge in [0, 0.05) is 37.5 Å². The van der Waals surface area contributed by atoms with Crippen LogP contribution in [-0.4, -0.2) is 9.13 Å². The third-order valence-electron chi connectivity index (χ3n) is 11.7.